The van der Waals surface area contributed by atoms with Crippen LogP contribution in [0.25, 0.3) is 0 Å². The molecule has 0 bridgehead atoms. The minimum atomic E-state index is -0.161. The van der Waals surface area contributed by atoms with Gasteiger partial charge in [-0.1, -0.05) is 23.8 Å². The number of aryl methyl sites for hydroxylation is 3. The second kappa shape index (κ2) is 4.82. The molecule has 0 amide bonds. The highest BCUT2D eigenvalue weighted by atomic mass is 16.1. The first-order chi connectivity index (χ1) is 8.49. The molecule has 4 heteroatoms. The Balaban J connectivity index is 2.24. The van der Waals surface area contributed by atoms with Crippen molar-refractivity contribution in [2.45, 2.75) is 26.4 Å². The van der Waals surface area contributed by atoms with Gasteiger partial charge in [-0.2, -0.15) is 0 Å². The first-order valence-corrected chi connectivity index (χ1v) is 6.03. The van der Waals surface area contributed by atoms with Crippen LogP contribution >= 0.6 is 0 Å². The molecule has 2 N–H and O–H groups in total. The summed E-state index contributed by atoms with van der Waals surface area (Å²) in [5.41, 5.74) is 9.64. The van der Waals surface area contributed by atoms with Crippen LogP contribution in [-0.2, 0) is 13.6 Å². The molecule has 0 aliphatic rings. The van der Waals surface area contributed by atoms with Crippen LogP contribution in [0, 0.1) is 13.8 Å². The second-order valence-electron chi connectivity index (χ2n) is 4.81. The van der Waals surface area contributed by atoms with Crippen LogP contribution in [0.5, 0.6) is 0 Å². The lowest BCUT2D eigenvalue weighted by atomic mass is 10.00. The second-order valence-corrected chi connectivity index (χ2v) is 4.81. The van der Waals surface area contributed by atoms with E-state index in [0.29, 0.717) is 6.54 Å². The van der Waals surface area contributed by atoms with Crippen molar-refractivity contribution in [3.63, 3.8) is 0 Å². The molecule has 0 fully saturated rings. The fourth-order valence-corrected chi connectivity index (χ4v) is 2.20. The lowest BCUT2D eigenvalue weighted by Gasteiger charge is -2.15. The molecule has 2 rings (SSSR count). The van der Waals surface area contributed by atoms with Gasteiger partial charge in [0.25, 0.3) is 0 Å². The Morgan fingerprint density at radius 1 is 1.28 bits per heavy atom. The van der Waals surface area contributed by atoms with Gasteiger partial charge >= 0.3 is 5.69 Å². The zero-order valence-corrected chi connectivity index (χ0v) is 11.1. The molecule has 1 aromatic carbocycles. The molecule has 0 aliphatic carbocycles. The average Bonchev–Trinajstić information content (AvgIpc) is 2.61. The summed E-state index contributed by atoms with van der Waals surface area (Å²) < 4.78 is 3.19. The number of rotatable bonds is 3. The van der Waals surface area contributed by atoms with E-state index in [2.05, 4.69) is 26.0 Å². The predicted octanol–water partition coefficient (Wildman–Crippen LogP) is 1.50. The average molecular weight is 245 g/mol. The highest BCUT2D eigenvalue weighted by molar-refractivity contribution is 5.32. The van der Waals surface area contributed by atoms with E-state index in [0.717, 1.165) is 5.56 Å². The third kappa shape index (κ3) is 2.38. The van der Waals surface area contributed by atoms with Crippen molar-refractivity contribution in [1.29, 1.82) is 0 Å². The maximum absolute atomic E-state index is 11.7. The Kier molecular flexibility index (Phi) is 3.39. The van der Waals surface area contributed by atoms with Crippen molar-refractivity contribution in [2.75, 3.05) is 0 Å². The molecule has 96 valence electrons. The van der Waals surface area contributed by atoms with Crippen molar-refractivity contribution < 1.29 is 0 Å². The molecule has 1 heterocycles. The van der Waals surface area contributed by atoms with Crippen LogP contribution in [0.3, 0.4) is 0 Å². The highest BCUT2D eigenvalue weighted by Crippen LogP contribution is 2.18. The van der Waals surface area contributed by atoms with Crippen molar-refractivity contribution in [3.05, 3.63) is 57.8 Å². The van der Waals surface area contributed by atoms with Gasteiger partial charge in [-0.25, -0.2) is 4.79 Å². The van der Waals surface area contributed by atoms with Crippen molar-refractivity contribution in [3.8, 4) is 0 Å². The zero-order valence-electron chi connectivity index (χ0n) is 11.1. The van der Waals surface area contributed by atoms with E-state index in [4.69, 9.17) is 5.73 Å². The van der Waals surface area contributed by atoms with Crippen LogP contribution in [0.2, 0.25) is 0 Å². The molecule has 0 spiro atoms. The quantitative estimate of drug-likeness (QED) is 0.891. The first-order valence-electron chi connectivity index (χ1n) is 6.03. The van der Waals surface area contributed by atoms with Gasteiger partial charge in [0.1, 0.15) is 0 Å². The van der Waals surface area contributed by atoms with Crippen molar-refractivity contribution in [1.82, 2.24) is 9.13 Å². The summed E-state index contributed by atoms with van der Waals surface area (Å²) in [7, 11) is 1.74. The van der Waals surface area contributed by atoms with Gasteiger partial charge in [-0.3, -0.25) is 4.57 Å². The van der Waals surface area contributed by atoms with Gasteiger partial charge in [0.2, 0.25) is 0 Å². The lowest BCUT2D eigenvalue weighted by Crippen LogP contribution is -2.27. The monoisotopic (exact) mass is 245 g/mol. The van der Waals surface area contributed by atoms with Gasteiger partial charge in [-0.05, 0) is 25.0 Å². The Morgan fingerprint density at radius 2 is 2.00 bits per heavy atom. The molecule has 0 saturated carbocycles. The molecule has 0 saturated heterocycles. The topological polar surface area (TPSA) is 52.9 Å². The number of aromatic nitrogens is 2. The smallest absolute Gasteiger partial charge is 0.322 e. The summed E-state index contributed by atoms with van der Waals surface area (Å²) in [4.78, 5) is 11.7. The largest absolute Gasteiger partial charge is 0.327 e. The standard InChI is InChI=1S/C14H19N3O/c1-10-4-5-12(11(2)8-10)13(15)9-17-7-6-16(3)14(17)18/h4-8,13H,9,15H2,1-3H3. The SMILES string of the molecule is Cc1ccc(C(N)Cn2ccn(C)c2=O)c(C)c1. The van der Waals surface area contributed by atoms with E-state index in [1.165, 1.54) is 11.1 Å². The summed E-state index contributed by atoms with van der Waals surface area (Å²) in [6, 6.07) is 6.05. The number of nitrogens with two attached hydrogens (primary N) is 1. The zero-order chi connectivity index (χ0) is 13.3. The number of hydrogen-bond acceptors (Lipinski definition) is 2. The van der Waals surface area contributed by atoms with E-state index < -0.39 is 0 Å². The molecular formula is C14H19N3O. The van der Waals surface area contributed by atoms with Gasteiger partial charge < -0.3 is 10.3 Å². The number of nitrogens with zero attached hydrogens (tertiary/aromatic N) is 2. The molecular weight excluding hydrogens is 226 g/mol. The van der Waals surface area contributed by atoms with Crippen LogP contribution in [0.1, 0.15) is 22.7 Å². The van der Waals surface area contributed by atoms with Crippen LogP contribution in [0.4, 0.5) is 0 Å². The minimum Gasteiger partial charge on any atom is -0.322 e. The molecule has 4 nitrogen and oxygen atoms in total. The summed E-state index contributed by atoms with van der Waals surface area (Å²) in [5, 5.41) is 0. The van der Waals surface area contributed by atoms with Crippen molar-refractivity contribution in [2.24, 2.45) is 12.8 Å². The summed E-state index contributed by atoms with van der Waals surface area (Å²) in [6.45, 7) is 4.61. The first kappa shape index (κ1) is 12.6. The van der Waals surface area contributed by atoms with E-state index in [-0.39, 0.29) is 11.7 Å². The Bertz CT molecular complexity index is 610. The van der Waals surface area contributed by atoms with Gasteiger partial charge in [0, 0.05) is 32.0 Å². The summed E-state index contributed by atoms with van der Waals surface area (Å²) >= 11 is 0. The fourth-order valence-electron chi connectivity index (χ4n) is 2.20. The Hall–Kier alpha value is -1.81. The third-order valence-electron chi connectivity index (χ3n) is 3.24. The maximum Gasteiger partial charge on any atom is 0.327 e. The Morgan fingerprint density at radius 3 is 2.56 bits per heavy atom. The third-order valence-corrected chi connectivity index (χ3v) is 3.24. The number of imidazole rings is 1. The highest BCUT2D eigenvalue weighted by Gasteiger charge is 2.11. The molecule has 1 unspecified atom stereocenters. The number of benzene rings is 1. The molecule has 18 heavy (non-hydrogen) atoms. The van der Waals surface area contributed by atoms with Crippen LogP contribution in [0.15, 0.2) is 35.4 Å². The summed E-state index contributed by atoms with van der Waals surface area (Å²) in [6.07, 6.45) is 3.52. The van der Waals surface area contributed by atoms with E-state index in [9.17, 15) is 4.79 Å². The lowest BCUT2D eigenvalue weighted by molar-refractivity contribution is 0.552. The van der Waals surface area contributed by atoms with Crippen LogP contribution < -0.4 is 11.4 Å². The molecule has 0 radical (unpaired) electrons. The molecule has 1 aromatic heterocycles. The maximum atomic E-state index is 11.7. The van der Waals surface area contributed by atoms with Gasteiger partial charge in [0.15, 0.2) is 0 Å². The number of hydrogen-bond donors (Lipinski definition) is 1. The van der Waals surface area contributed by atoms with E-state index in [1.54, 1.807) is 28.6 Å². The summed E-state index contributed by atoms with van der Waals surface area (Å²) in [5.74, 6) is 0. The normalized spacial score (nSPS) is 12.7. The predicted molar refractivity (Wildman–Crippen MR) is 72.5 cm³/mol. The van der Waals surface area contributed by atoms with Gasteiger partial charge in [-0.15, -0.1) is 0 Å². The van der Waals surface area contributed by atoms with Gasteiger partial charge in [0.05, 0.1) is 0 Å². The van der Waals surface area contributed by atoms with E-state index >= 15 is 0 Å². The minimum absolute atomic E-state index is 0.0322. The molecule has 1 atom stereocenters. The van der Waals surface area contributed by atoms with E-state index in [1.807, 2.05) is 6.07 Å². The van der Waals surface area contributed by atoms with Crippen molar-refractivity contribution >= 4 is 0 Å². The van der Waals surface area contributed by atoms with Crippen LogP contribution in [-0.4, -0.2) is 9.13 Å². The fraction of sp³-hybridized carbons (Fsp3) is 0.357. The Labute approximate surface area is 107 Å². The molecule has 0 aliphatic heterocycles. The molecule has 2 aromatic rings.